The Kier molecular flexibility index (Phi) is 4.20. The summed E-state index contributed by atoms with van der Waals surface area (Å²) in [6.07, 6.45) is 0.0684. The Balaban J connectivity index is 2.65. The molecule has 1 aliphatic heterocycles. The quantitative estimate of drug-likeness (QED) is 0.529. The van der Waals surface area contributed by atoms with Crippen molar-refractivity contribution in [3.63, 3.8) is 0 Å². The highest BCUT2D eigenvalue weighted by Gasteiger charge is 2.37. The second-order valence-electron chi connectivity index (χ2n) is 4.55. The Bertz CT molecular complexity index is 466. The Labute approximate surface area is 101 Å². The van der Waals surface area contributed by atoms with E-state index >= 15 is 0 Å². The predicted octanol–water partition coefficient (Wildman–Crippen LogP) is -2.16. The van der Waals surface area contributed by atoms with E-state index in [9.17, 15) is 21.9 Å². The van der Waals surface area contributed by atoms with Gasteiger partial charge in [0.25, 0.3) is 0 Å². The molecule has 1 fully saturated rings. The van der Waals surface area contributed by atoms with Gasteiger partial charge in [0.15, 0.2) is 9.84 Å². The summed E-state index contributed by atoms with van der Waals surface area (Å²) in [7, 11) is -7.04. The van der Waals surface area contributed by atoms with E-state index in [-0.39, 0.29) is 24.5 Å². The van der Waals surface area contributed by atoms with Gasteiger partial charge in [-0.1, -0.05) is 0 Å². The van der Waals surface area contributed by atoms with Gasteiger partial charge < -0.3 is 10.2 Å². The van der Waals surface area contributed by atoms with Crippen molar-refractivity contribution >= 4 is 19.9 Å². The molecule has 0 aromatic carbocycles. The standard InChI is InChI=1S/C8H17NO6S2/c1-8(11,6-10)5-9-17(14,15)7-2-3-16(12,13)4-7/h7,9-11H,2-6H2,1H3. The molecule has 1 saturated heterocycles. The van der Waals surface area contributed by atoms with Crippen LogP contribution in [0.4, 0.5) is 0 Å². The van der Waals surface area contributed by atoms with E-state index in [4.69, 9.17) is 5.11 Å². The van der Waals surface area contributed by atoms with Crippen LogP contribution in [0.1, 0.15) is 13.3 Å². The first kappa shape index (κ1) is 14.8. The molecule has 2 atom stereocenters. The zero-order chi connectivity index (χ0) is 13.3. The van der Waals surface area contributed by atoms with Crippen LogP contribution in [0.5, 0.6) is 0 Å². The molecule has 0 saturated carbocycles. The molecule has 102 valence electrons. The number of sulfonamides is 1. The smallest absolute Gasteiger partial charge is 0.215 e. The highest BCUT2D eigenvalue weighted by atomic mass is 32.2. The molecule has 2 unspecified atom stereocenters. The van der Waals surface area contributed by atoms with Gasteiger partial charge in [0.1, 0.15) is 0 Å². The largest absolute Gasteiger partial charge is 0.393 e. The maximum absolute atomic E-state index is 11.7. The third kappa shape index (κ3) is 4.18. The van der Waals surface area contributed by atoms with Crippen LogP contribution in [0.15, 0.2) is 0 Å². The maximum Gasteiger partial charge on any atom is 0.215 e. The van der Waals surface area contributed by atoms with E-state index in [1.165, 1.54) is 6.92 Å². The fraction of sp³-hybridized carbons (Fsp3) is 1.00. The van der Waals surface area contributed by atoms with Crippen LogP contribution in [0.2, 0.25) is 0 Å². The minimum atomic E-state index is -3.77. The van der Waals surface area contributed by atoms with E-state index < -0.39 is 37.3 Å². The van der Waals surface area contributed by atoms with Crippen molar-refractivity contribution < 1.29 is 27.0 Å². The van der Waals surface area contributed by atoms with Crippen LogP contribution in [0.25, 0.3) is 0 Å². The number of hydrogen-bond donors (Lipinski definition) is 3. The number of rotatable bonds is 5. The van der Waals surface area contributed by atoms with Crippen molar-refractivity contribution in [2.24, 2.45) is 0 Å². The molecule has 0 radical (unpaired) electrons. The van der Waals surface area contributed by atoms with E-state index in [1.807, 2.05) is 0 Å². The second kappa shape index (κ2) is 4.81. The van der Waals surface area contributed by atoms with Crippen LogP contribution in [0.3, 0.4) is 0 Å². The maximum atomic E-state index is 11.7. The van der Waals surface area contributed by atoms with E-state index in [0.717, 1.165) is 0 Å². The lowest BCUT2D eigenvalue weighted by molar-refractivity contribution is 0.00678. The summed E-state index contributed by atoms with van der Waals surface area (Å²) in [5.74, 6) is -0.515. The van der Waals surface area contributed by atoms with Crippen molar-refractivity contribution in [1.82, 2.24) is 4.72 Å². The van der Waals surface area contributed by atoms with Gasteiger partial charge in [-0.05, 0) is 13.3 Å². The van der Waals surface area contributed by atoms with Crippen molar-refractivity contribution in [3.05, 3.63) is 0 Å². The molecular formula is C8H17NO6S2. The first-order chi connectivity index (χ1) is 7.58. The second-order valence-corrected chi connectivity index (χ2v) is 8.82. The Morgan fingerprint density at radius 2 is 2.06 bits per heavy atom. The lowest BCUT2D eigenvalue weighted by atomic mass is 10.1. The van der Waals surface area contributed by atoms with Gasteiger partial charge in [-0.15, -0.1) is 0 Å². The van der Waals surface area contributed by atoms with Crippen LogP contribution in [-0.2, 0) is 19.9 Å². The topological polar surface area (TPSA) is 121 Å². The summed E-state index contributed by atoms with van der Waals surface area (Å²) in [4.78, 5) is 0. The van der Waals surface area contributed by atoms with Gasteiger partial charge in [-0.2, -0.15) is 0 Å². The van der Waals surface area contributed by atoms with Crippen LogP contribution >= 0.6 is 0 Å². The summed E-state index contributed by atoms with van der Waals surface area (Å²) in [6, 6.07) is 0. The fourth-order valence-corrected chi connectivity index (χ4v) is 5.64. The number of sulfone groups is 1. The molecule has 1 rings (SSSR count). The number of hydrogen-bond acceptors (Lipinski definition) is 6. The summed E-state index contributed by atoms with van der Waals surface area (Å²) in [5, 5.41) is 17.2. The SMILES string of the molecule is CC(O)(CO)CNS(=O)(=O)C1CCS(=O)(=O)C1. The van der Waals surface area contributed by atoms with Crippen LogP contribution in [0, 0.1) is 0 Å². The first-order valence-electron chi connectivity index (χ1n) is 5.10. The Hall–Kier alpha value is -0.220. The van der Waals surface area contributed by atoms with E-state index in [0.29, 0.717) is 0 Å². The third-order valence-corrected chi connectivity index (χ3v) is 6.43. The van der Waals surface area contributed by atoms with Gasteiger partial charge in [0.05, 0.1) is 29.0 Å². The van der Waals surface area contributed by atoms with Crippen molar-refractivity contribution in [2.45, 2.75) is 24.2 Å². The molecular weight excluding hydrogens is 270 g/mol. The molecule has 1 heterocycles. The summed E-state index contributed by atoms with van der Waals surface area (Å²) >= 11 is 0. The van der Waals surface area contributed by atoms with Gasteiger partial charge in [0, 0.05) is 6.54 Å². The van der Waals surface area contributed by atoms with Gasteiger partial charge in [0.2, 0.25) is 10.0 Å². The summed E-state index contributed by atoms with van der Waals surface area (Å²) in [5.41, 5.74) is -1.55. The summed E-state index contributed by atoms with van der Waals surface area (Å²) < 4.78 is 47.9. The zero-order valence-corrected chi connectivity index (χ0v) is 11.1. The average Bonchev–Trinajstić information content (AvgIpc) is 2.57. The Morgan fingerprint density at radius 1 is 1.47 bits per heavy atom. The Morgan fingerprint density at radius 3 is 2.47 bits per heavy atom. The lowest BCUT2D eigenvalue weighted by Crippen LogP contribution is -2.46. The molecule has 0 aromatic rings. The molecule has 0 aromatic heterocycles. The predicted molar refractivity (Wildman–Crippen MR) is 61.7 cm³/mol. The number of aliphatic hydroxyl groups is 2. The van der Waals surface area contributed by atoms with Crippen molar-refractivity contribution in [2.75, 3.05) is 24.7 Å². The normalized spacial score (nSPS) is 27.8. The molecule has 1 aliphatic rings. The lowest BCUT2D eigenvalue weighted by Gasteiger charge is -2.21. The third-order valence-electron chi connectivity index (χ3n) is 2.62. The van der Waals surface area contributed by atoms with Crippen molar-refractivity contribution in [1.29, 1.82) is 0 Å². The molecule has 0 aliphatic carbocycles. The molecule has 0 amide bonds. The fourth-order valence-electron chi connectivity index (χ4n) is 1.44. The van der Waals surface area contributed by atoms with Crippen LogP contribution < -0.4 is 4.72 Å². The minimum absolute atomic E-state index is 0.0684. The molecule has 0 bridgehead atoms. The van der Waals surface area contributed by atoms with Gasteiger partial charge >= 0.3 is 0 Å². The number of nitrogens with one attached hydrogen (secondary N) is 1. The summed E-state index contributed by atoms with van der Waals surface area (Å²) in [6.45, 7) is 0.349. The molecule has 9 heteroatoms. The van der Waals surface area contributed by atoms with E-state index in [2.05, 4.69) is 4.72 Å². The monoisotopic (exact) mass is 287 g/mol. The van der Waals surface area contributed by atoms with E-state index in [1.54, 1.807) is 0 Å². The average molecular weight is 287 g/mol. The van der Waals surface area contributed by atoms with Crippen molar-refractivity contribution in [3.8, 4) is 0 Å². The highest BCUT2D eigenvalue weighted by molar-refractivity contribution is 7.95. The first-order valence-corrected chi connectivity index (χ1v) is 8.47. The zero-order valence-electron chi connectivity index (χ0n) is 9.46. The van der Waals surface area contributed by atoms with Crippen LogP contribution in [-0.4, -0.2) is 62.6 Å². The minimum Gasteiger partial charge on any atom is -0.393 e. The van der Waals surface area contributed by atoms with Gasteiger partial charge in [-0.25, -0.2) is 21.6 Å². The highest BCUT2D eigenvalue weighted by Crippen LogP contribution is 2.18. The van der Waals surface area contributed by atoms with Gasteiger partial charge in [-0.3, -0.25) is 0 Å². The molecule has 7 nitrogen and oxygen atoms in total. The molecule has 3 N–H and O–H groups in total. The number of aliphatic hydroxyl groups excluding tert-OH is 1. The molecule has 17 heavy (non-hydrogen) atoms. The molecule has 0 spiro atoms.